The molecule has 2 amide bonds. The Morgan fingerprint density at radius 2 is 1.85 bits per heavy atom. The molecular formula is C29H39N3O8. The molecule has 1 aliphatic carbocycles. The quantitative estimate of drug-likeness (QED) is 0.319. The van der Waals surface area contributed by atoms with E-state index in [1.54, 1.807) is 25.2 Å². The highest BCUT2D eigenvalue weighted by molar-refractivity contribution is 5.82. The van der Waals surface area contributed by atoms with E-state index in [2.05, 4.69) is 11.1 Å². The Kier molecular flexibility index (Phi) is 9.83. The minimum absolute atomic E-state index is 0.00411. The van der Waals surface area contributed by atoms with Crippen LogP contribution in [-0.2, 0) is 32.8 Å². The van der Waals surface area contributed by atoms with Gasteiger partial charge in [0.15, 0.2) is 0 Å². The average molecular weight is 558 g/mol. The minimum atomic E-state index is -1.68. The zero-order chi connectivity index (χ0) is 28.7. The second-order valence-corrected chi connectivity index (χ2v) is 10.5. The van der Waals surface area contributed by atoms with Crippen LogP contribution in [-0.4, -0.2) is 90.2 Å². The number of carbonyl (C=O) groups is 2. The first kappa shape index (κ1) is 29.6. The predicted octanol–water partition coefficient (Wildman–Crippen LogP) is 2.36. The molecule has 2 heterocycles. The third-order valence-electron chi connectivity index (χ3n) is 7.61. The number of amides is 2. The highest BCUT2D eigenvalue weighted by Crippen LogP contribution is 2.40. The molecule has 218 valence electrons. The molecule has 4 rings (SSSR count). The van der Waals surface area contributed by atoms with Gasteiger partial charge in [0.2, 0.25) is 11.5 Å². The number of carbonyl (C=O) groups excluding carboxylic acids is 1. The molecule has 0 spiro atoms. The summed E-state index contributed by atoms with van der Waals surface area (Å²) in [5.41, 5.74) is 0.168. The van der Waals surface area contributed by atoms with Crippen molar-refractivity contribution in [2.24, 2.45) is 5.92 Å². The maximum Gasteiger partial charge on any atom is 0.407 e. The van der Waals surface area contributed by atoms with E-state index in [0.29, 0.717) is 31.1 Å². The number of benzene rings is 1. The number of aromatic nitrogens is 1. The number of nitrogens with one attached hydrogen (secondary N) is 1. The van der Waals surface area contributed by atoms with Gasteiger partial charge in [-0.25, -0.2) is 4.79 Å². The number of H-pyrrole nitrogens is 1. The molecule has 0 unspecified atom stereocenters. The van der Waals surface area contributed by atoms with Crippen LogP contribution in [0.15, 0.2) is 41.3 Å². The molecular weight excluding hydrogens is 518 g/mol. The number of methoxy groups -OCH3 is 2. The van der Waals surface area contributed by atoms with E-state index >= 15 is 0 Å². The molecule has 1 saturated carbocycles. The van der Waals surface area contributed by atoms with Crippen molar-refractivity contribution in [2.45, 2.75) is 50.3 Å². The number of likely N-dealkylation sites (tertiary alicyclic amines) is 1. The maximum atomic E-state index is 14.2. The second-order valence-electron chi connectivity index (χ2n) is 10.5. The predicted molar refractivity (Wildman–Crippen MR) is 146 cm³/mol. The molecule has 0 radical (unpaired) electrons. The molecule has 11 nitrogen and oxygen atoms in total. The van der Waals surface area contributed by atoms with Gasteiger partial charge in [0.05, 0.1) is 12.5 Å². The van der Waals surface area contributed by atoms with Crippen molar-refractivity contribution in [2.75, 3.05) is 47.1 Å². The Bertz CT molecular complexity index is 1200. The number of carboxylic acid groups (broad SMARTS) is 1. The van der Waals surface area contributed by atoms with Crippen LogP contribution in [0, 0.1) is 5.92 Å². The van der Waals surface area contributed by atoms with Gasteiger partial charge in [-0.1, -0.05) is 6.07 Å². The lowest BCUT2D eigenvalue weighted by Crippen LogP contribution is -2.57. The molecule has 2 aromatic rings. The SMILES string of the molecule is COCCCc1cc(CN(C(=O)[C@H]2CN(C(=O)O)CC[C@@]2(O)c2cc[nH]c(=O)c2)C2CC2)cc(OCCOC)c1. The van der Waals surface area contributed by atoms with E-state index in [9.17, 15) is 24.6 Å². The van der Waals surface area contributed by atoms with Crippen LogP contribution < -0.4 is 10.3 Å². The normalized spacial score (nSPS) is 20.8. The van der Waals surface area contributed by atoms with Crippen LogP contribution >= 0.6 is 0 Å². The van der Waals surface area contributed by atoms with Gasteiger partial charge in [-0.3, -0.25) is 9.59 Å². The molecule has 0 bridgehead atoms. The highest BCUT2D eigenvalue weighted by Gasteiger charge is 2.50. The fourth-order valence-electron chi connectivity index (χ4n) is 5.34. The standard InChI is InChI=1S/C29H39N3O8/c1-38-11-3-4-20-14-21(16-24(15-20)40-13-12-39-2)18-32(23-5-6-23)27(34)25-19-31(28(35)36)10-8-29(25,37)22-7-9-30-26(33)17-22/h7,9,14-17,23,25,37H,3-6,8,10-13,18-19H2,1-2H3,(H,30,33)(H,35,36)/t25-,29-/m1/s1. The summed E-state index contributed by atoms with van der Waals surface area (Å²) >= 11 is 0. The molecule has 40 heavy (non-hydrogen) atoms. The molecule has 1 saturated heterocycles. The van der Waals surface area contributed by atoms with Crippen molar-refractivity contribution in [1.82, 2.24) is 14.8 Å². The summed E-state index contributed by atoms with van der Waals surface area (Å²) in [6.07, 6.45) is 3.55. The number of aryl methyl sites for hydroxylation is 1. The molecule has 1 aliphatic heterocycles. The van der Waals surface area contributed by atoms with Gasteiger partial charge in [-0.15, -0.1) is 0 Å². The third kappa shape index (κ3) is 7.21. The van der Waals surface area contributed by atoms with Gasteiger partial charge in [-0.05, 0) is 67.0 Å². The smallest absolute Gasteiger partial charge is 0.407 e. The maximum absolute atomic E-state index is 14.2. The lowest BCUT2D eigenvalue weighted by Gasteiger charge is -2.44. The zero-order valence-electron chi connectivity index (χ0n) is 23.1. The Balaban J connectivity index is 1.64. The second kappa shape index (κ2) is 13.3. The average Bonchev–Trinajstić information content (AvgIpc) is 3.77. The van der Waals surface area contributed by atoms with Crippen molar-refractivity contribution < 1.29 is 34.0 Å². The zero-order valence-corrected chi connectivity index (χ0v) is 23.1. The van der Waals surface area contributed by atoms with E-state index < -0.39 is 23.2 Å². The van der Waals surface area contributed by atoms with Crippen molar-refractivity contribution in [3.63, 3.8) is 0 Å². The van der Waals surface area contributed by atoms with E-state index in [0.717, 1.165) is 41.7 Å². The Morgan fingerprint density at radius 3 is 2.52 bits per heavy atom. The molecule has 3 N–H and O–H groups in total. The summed E-state index contributed by atoms with van der Waals surface area (Å²) in [5.74, 6) is -0.718. The van der Waals surface area contributed by atoms with Crippen LogP contribution in [0.1, 0.15) is 42.4 Å². The van der Waals surface area contributed by atoms with Crippen LogP contribution in [0.2, 0.25) is 0 Å². The minimum Gasteiger partial charge on any atom is -0.491 e. The van der Waals surface area contributed by atoms with Crippen LogP contribution in [0.4, 0.5) is 4.79 Å². The van der Waals surface area contributed by atoms with Gasteiger partial charge < -0.3 is 39.2 Å². The Labute approximate surface area is 233 Å². The molecule has 11 heteroatoms. The Morgan fingerprint density at radius 1 is 1.10 bits per heavy atom. The van der Waals surface area contributed by atoms with Crippen molar-refractivity contribution in [3.8, 4) is 5.75 Å². The van der Waals surface area contributed by atoms with Gasteiger partial charge in [-0.2, -0.15) is 0 Å². The first-order chi connectivity index (χ1) is 19.2. The fraction of sp³-hybridized carbons (Fsp3) is 0.552. The van der Waals surface area contributed by atoms with E-state index in [4.69, 9.17) is 14.2 Å². The summed E-state index contributed by atoms with van der Waals surface area (Å²) in [5, 5.41) is 21.6. The van der Waals surface area contributed by atoms with Gasteiger partial charge in [0.25, 0.3) is 0 Å². The number of ether oxygens (including phenoxy) is 3. The number of aliphatic hydroxyl groups is 1. The molecule has 2 fully saturated rings. The van der Waals surface area contributed by atoms with E-state index in [1.165, 1.54) is 12.3 Å². The number of hydrogen-bond acceptors (Lipinski definition) is 7. The molecule has 1 aromatic carbocycles. The summed E-state index contributed by atoms with van der Waals surface area (Å²) in [6, 6.07) is 8.79. The summed E-state index contributed by atoms with van der Waals surface area (Å²) in [4.78, 5) is 43.6. The summed E-state index contributed by atoms with van der Waals surface area (Å²) in [6.45, 7) is 1.63. The largest absolute Gasteiger partial charge is 0.491 e. The number of rotatable bonds is 13. The first-order valence-electron chi connectivity index (χ1n) is 13.7. The lowest BCUT2D eigenvalue weighted by atomic mass is 9.75. The number of nitrogens with zero attached hydrogens (tertiary/aromatic N) is 2. The van der Waals surface area contributed by atoms with E-state index in [1.807, 2.05) is 12.1 Å². The van der Waals surface area contributed by atoms with Crippen molar-refractivity contribution >= 4 is 12.0 Å². The topological polar surface area (TPSA) is 142 Å². The van der Waals surface area contributed by atoms with Crippen LogP contribution in [0.25, 0.3) is 0 Å². The van der Waals surface area contributed by atoms with Crippen LogP contribution in [0.5, 0.6) is 5.75 Å². The van der Waals surface area contributed by atoms with Crippen molar-refractivity contribution in [1.29, 1.82) is 0 Å². The van der Waals surface area contributed by atoms with E-state index in [-0.39, 0.29) is 38.0 Å². The first-order valence-corrected chi connectivity index (χ1v) is 13.7. The fourth-order valence-corrected chi connectivity index (χ4v) is 5.34. The molecule has 2 atom stereocenters. The number of piperidine rings is 1. The number of hydrogen-bond donors (Lipinski definition) is 3. The Hall–Kier alpha value is -3.41. The third-order valence-corrected chi connectivity index (χ3v) is 7.61. The molecule has 1 aromatic heterocycles. The van der Waals surface area contributed by atoms with Gasteiger partial charge >= 0.3 is 6.09 Å². The number of pyridine rings is 1. The highest BCUT2D eigenvalue weighted by atomic mass is 16.5. The summed E-state index contributed by atoms with van der Waals surface area (Å²) < 4.78 is 16.2. The van der Waals surface area contributed by atoms with Crippen LogP contribution in [0.3, 0.4) is 0 Å². The van der Waals surface area contributed by atoms with Gasteiger partial charge in [0.1, 0.15) is 18.0 Å². The van der Waals surface area contributed by atoms with Gasteiger partial charge in [0, 0.05) is 58.8 Å². The summed E-state index contributed by atoms with van der Waals surface area (Å²) in [7, 11) is 3.27. The van der Waals surface area contributed by atoms with Crippen molar-refractivity contribution in [3.05, 3.63) is 63.6 Å². The molecule has 2 aliphatic rings. The lowest BCUT2D eigenvalue weighted by molar-refractivity contribution is -0.154. The monoisotopic (exact) mass is 557 g/mol. The number of aromatic amines is 1.